The topological polar surface area (TPSA) is 144 Å². The van der Waals surface area contributed by atoms with Gasteiger partial charge < -0.3 is 21.5 Å². The standard InChI is InChI=1S/C31H32N8O2/c1-31(2,3)22-13-11-21(12-14-22)28(41)35-26-10-5-9-24(25(26)19-40)27-36-29(32)38-30(37-27)34-23-8-4-7-20(17-23)18-39-16-6-15-33-39/h4-17,40H,18-19H2,1-3H3,(H,35,41)(H3,32,34,36,37,38). The molecule has 0 unspecified atom stereocenters. The van der Waals surface area contributed by atoms with E-state index >= 15 is 0 Å². The molecular formula is C31H32N8O2. The van der Waals surface area contributed by atoms with Gasteiger partial charge in [0.2, 0.25) is 11.9 Å². The number of carbonyl (C=O) groups excluding carboxylic acids is 1. The van der Waals surface area contributed by atoms with Gasteiger partial charge in [0.25, 0.3) is 5.91 Å². The van der Waals surface area contributed by atoms with E-state index < -0.39 is 0 Å². The van der Waals surface area contributed by atoms with Gasteiger partial charge in [0.05, 0.1) is 13.2 Å². The van der Waals surface area contributed by atoms with Gasteiger partial charge in [0, 0.05) is 40.5 Å². The van der Waals surface area contributed by atoms with Gasteiger partial charge in [0.15, 0.2) is 5.82 Å². The second kappa shape index (κ2) is 11.6. The Bertz CT molecular complexity index is 1660. The lowest BCUT2D eigenvalue weighted by molar-refractivity contribution is 0.102. The highest BCUT2D eigenvalue weighted by Crippen LogP contribution is 2.29. The van der Waals surface area contributed by atoms with Gasteiger partial charge in [-0.2, -0.15) is 20.1 Å². The van der Waals surface area contributed by atoms with Crippen LogP contribution in [0.1, 0.15) is 47.8 Å². The second-order valence-electron chi connectivity index (χ2n) is 10.6. The van der Waals surface area contributed by atoms with Crippen molar-refractivity contribution in [3.05, 3.63) is 107 Å². The molecule has 0 aliphatic carbocycles. The van der Waals surface area contributed by atoms with Crippen molar-refractivity contribution in [1.29, 1.82) is 0 Å². The van der Waals surface area contributed by atoms with Crippen molar-refractivity contribution >= 4 is 29.2 Å². The van der Waals surface area contributed by atoms with Crippen LogP contribution in [-0.2, 0) is 18.6 Å². The number of nitrogen functional groups attached to an aromatic ring is 1. The van der Waals surface area contributed by atoms with Crippen molar-refractivity contribution in [3.63, 3.8) is 0 Å². The number of aliphatic hydroxyl groups excluding tert-OH is 1. The van der Waals surface area contributed by atoms with Crippen LogP contribution in [-0.4, -0.2) is 35.7 Å². The van der Waals surface area contributed by atoms with Gasteiger partial charge in [-0.25, -0.2) is 0 Å². The molecule has 10 heteroatoms. The molecule has 0 spiro atoms. The summed E-state index contributed by atoms with van der Waals surface area (Å²) in [6, 6.07) is 22.4. The monoisotopic (exact) mass is 548 g/mol. The van der Waals surface area contributed by atoms with Crippen molar-refractivity contribution in [2.45, 2.75) is 39.3 Å². The molecule has 5 aromatic rings. The van der Waals surface area contributed by atoms with Gasteiger partial charge in [0.1, 0.15) is 0 Å². The minimum atomic E-state index is -0.349. The molecule has 0 atom stereocenters. The molecule has 0 aliphatic heterocycles. The fourth-order valence-electron chi connectivity index (χ4n) is 4.43. The Hall–Kier alpha value is -5.09. The van der Waals surface area contributed by atoms with Crippen LogP contribution in [0.15, 0.2) is 85.2 Å². The Morgan fingerprint density at radius 2 is 1.76 bits per heavy atom. The molecule has 0 saturated carbocycles. The zero-order valence-corrected chi connectivity index (χ0v) is 23.2. The average Bonchev–Trinajstić information content (AvgIpc) is 3.45. The number of hydrogen-bond acceptors (Lipinski definition) is 8. The summed E-state index contributed by atoms with van der Waals surface area (Å²) < 4.78 is 1.83. The zero-order chi connectivity index (χ0) is 29.0. The number of aromatic nitrogens is 5. The zero-order valence-electron chi connectivity index (χ0n) is 23.2. The third kappa shape index (κ3) is 6.56. The van der Waals surface area contributed by atoms with Crippen LogP contribution in [0.3, 0.4) is 0 Å². The van der Waals surface area contributed by atoms with E-state index in [1.54, 1.807) is 36.5 Å². The Labute approximate surface area is 238 Å². The first-order chi connectivity index (χ1) is 19.7. The maximum atomic E-state index is 13.1. The fourth-order valence-corrected chi connectivity index (χ4v) is 4.43. The van der Waals surface area contributed by atoms with Crippen LogP contribution in [0.2, 0.25) is 0 Å². The predicted octanol–water partition coefficient (Wildman–Crippen LogP) is 5.15. The third-order valence-electron chi connectivity index (χ3n) is 6.58. The first-order valence-corrected chi connectivity index (χ1v) is 13.2. The number of nitrogens with two attached hydrogens (primary N) is 1. The van der Waals surface area contributed by atoms with E-state index in [0.29, 0.717) is 28.9 Å². The molecule has 0 bridgehead atoms. The van der Waals surface area contributed by atoms with Gasteiger partial charge >= 0.3 is 0 Å². The number of amides is 1. The number of carbonyl (C=O) groups is 1. The SMILES string of the molecule is CC(C)(C)c1ccc(C(=O)Nc2cccc(-c3nc(N)nc(Nc4cccc(Cn5cccn5)c4)n3)c2CO)cc1. The molecule has 0 saturated heterocycles. The first-order valence-electron chi connectivity index (χ1n) is 13.2. The van der Waals surface area contributed by atoms with Crippen molar-refractivity contribution in [2.75, 3.05) is 16.4 Å². The van der Waals surface area contributed by atoms with Crippen LogP contribution in [0.5, 0.6) is 0 Å². The van der Waals surface area contributed by atoms with E-state index in [2.05, 4.69) is 51.5 Å². The van der Waals surface area contributed by atoms with Crippen LogP contribution >= 0.6 is 0 Å². The van der Waals surface area contributed by atoms with E-state index in [9.17, 15) is 9.90 Å². The summed E-state index contributed by atoms with van der Waals surface area (Å²) in [5, 5.41) is 20.7. The minimum absolute atomic E-state index is 0.0162. The lowest BCUT2D eigenvalue weighted by atomic mass is 9.86. The highest BCUT2D eigenvalue weighted by molar-refractivity contribution is 6.05. The Balaban J connectivity index is 1.39. The molecular weight excluding hydrogens is 516 g/mol. The Kier molecular flexibility index (Phi) is 7.75. The lowest BCUT2D eigenvalue weighted by Crippen LogP contribution is -2.15. The molecule has 5 N–H and O–H groups in total. The summed E-state index contributed by atoms with van der Waals surface area (Å²) in [6.45, 7) is 6.63. The summed E-state index contributed by atoms with van der Waals surface area (Å²) >= 11 is 0. The van der Waals surface area contributed by atoms with E-state index in [-0.39, 0.29) is 35.7 Å². The molecule has 3 aromatic carbocycles. The predicted molar refractivity (Wildman–Crippen MR) is 160 cm³/mol. The quantitative estimate of drug-likeness (QED) is 0.208. The van der Waals surface area contributed by atoms with Gasteiger partial charge in [-0.15, -0.1) is 0 Å². The summed E-state index contributed by atoms with van der Waals surface area (Å²) in [4.78, 5) is 26.2. The number of rotatable bonds is 8. The number of aliphatic hydroxyl groups is 1. The van der Waals surface area contributed by atoms with Crippen molar-refractivity contribution in [3.8, 4) is 11.4 Å². The summed E-state index contributed by atoms with van der Waals surface area (Å²) in [5.74, 6) is 0.246. The highest BCUT2D eigenvalue weighted by Gasteiger charge is 2.18. The normalized spacial score (nSPS) is 11.3. The molecule has 2 aromatic heterocycles. The lowest BCUT2D eigenvalue weighted by Gasteiger charge is -2.19. The van der Waals surface area contributed by atoms with Crippen molar-refractivity contribution in [2.24, 2.45) is 0 Å². The maximum absolute atomic E-state index is 13.1. The number of benzene rings is 3. The van der Waals surface area contributed by atoms with Gasteiger partial charge in [-0.3, -0.25) is 9.48 Å². The molecule has 2 heterocycles. The molecule has 0 fully saturated rings. The smallest absolute Gasteiger partial charge is 0.255 e. The number of nitrogens with zero attached hydrogens (tertiary/aromatic N) is 5. The fraction of sp³-hybridized carbons (Fsp3) is 0.194. The number of hydrogen-bond donors (Lipinski definition) is 4. The summed E-state index contributed by atoms with van der Waals surface area (Å²) in [5.41, 5.74) is 10.9. The maximum Gasteiger partial charge on any atom is 0.255 e. The Morgan fingerprint density at radius 3 is 2.46 bits per heavy atom. The molecule has 0 radical (unpaired) electrons. The molecule has 5 rings (SSSR count). The van der Waals surface area contributed by atoms with Gasteiger partial charge in [-0.1, -0.05) is 57.2 Å². The number of nitrogens with one attached hydrogen (secondary N) is 2. The molecule has 10 nitrogen and oxygen atoms in total. The van der Waals surface area contributed by atoms with E-state index in [0.717, 1.165) is 16.8 Å². The molecule has 0 aliphatic rings. The average molecular weight is 549 g/mol. The number of anilines is 4. The largest absolute Gasteiger partial charge is 0.392 e. The first kappa shape index (κ1) is 27.5. The van der Waals surface area contributed by atoms with Crippen LogP contribution < -0.4 is 16.4 Å². The van der Waals surface area contributed by atoms with Crippen LogP contribution in [0, 0.1) is 0 Å². The van der Waals surface area contributed by atoms with Crippen LogP contribution in [0.25, 0.3) is 11.4 Å². The third-order valence-corrected chi connectivity index (χ3v) is 6.58. The highest BCUT2D eigenvalue weighted by atomic mass is 16.3. The summed E-state index contributed by atoms with van der Waals surface area (Å²) in [6.07, 6.45) is 3.64. The van der Waals surface area contributed by atoms with E-state index in [1.807, 2.05) is 53.3 Å². The van der Waals surface area contributed by atoms with E-state index in [4.69, 9.17) is 5.73 Å². The van der Waals surface area contributed by atoms with Gasteiger partial charge in [-0.05, 0) is 52.9 Å². The molecule has 41 heavy (non-hydrogen) atoms. The molecule has 208 valence electrons. The van der Waals surface area contributed by atoms with Crippen molar-refractivity contribution < 1.29 is 9.90 Å². The van der Waals surface area contributed by atoms with Crippen molar-refractivity contribution in [1.82, 2.24) is 24.7 Å². The Morgan fingerprint density at radius 1 is 0.976 bits per heavy atom. The van der Waals surface area contributed by atoms with E-state index in [1.165, 1.54) is 0 Å². The second-order valence-corrected chi connectivity index (χ2v) is 10.6. The minimum Gasteiger partial charge on any atom is -0.392 e. The van der Waals surface area contributed by atoms with Crippen LogP contribution in [0.4, 0.5) is 23.3 Å². The summed E-state index contributed by atoms with van der Waals surface area (Å²) in [7, 11) is 0. The molecule has 1 amide bonds.